The SMILES string of the molecule is O=S(=O)(Nc1ccc2c(c1)CCN2Cc1ccc(F)cc1)c1ccccc1. The summed E-state index contributed by atoms with van der Waals surface area (Å²) in [4.78, 5) is 2.46. The van der Waals surface area contributed by atoms with Crippen molar-refractivity contribution in [2.24, 2.45) is 0 Å². The fourth-order valence-corrected chi connectivity index (χ4v) is 4.39. The lowest BCUT2D eigenvalue weighted by molar-refractivity contribution is 0.601. The van der Waals surface area contributed by atoms with Gasteiger partial charge in [-0.15, -0.1) is 0 Å². The van der Waals surface area contributed by atoms with Crippen molar-refractivity contribution in [1.82, 2.24) is 0 Å². The number of nitrogens with one attached hydrogen (secondary N) is 1. The van der Waals surface area contributed by atoms with Crippen LogP contribution in [0.2, 0.25) is 0 Å². The van der Waals surface area contributed by atoms with Gasteiger partial charge in [-0.3, -0.25) is 4.72 Å². The van der Waals surface area contributed by atoms with E-state index in [1.54, 1.807) is 48.5 Å². The highest BCUT2D eigenvalue weighted by Gasteiger charge is 2.21. The van der Waals surface area contributed by atoms with Crippen LogP contribution < -0.4 is 9.62 Å². The molecule has 0 amide bonds. The van der Waals surface area contributed by atoms with Crippen LogP contribution in [-0.4, -0.2) is 15.0 Å². The number of sulfonamides is 1. The number of nitrogens with zero attached hydrogens (tertiary/aromatic N) is 1. The minimum absolute atomic E-state index is 0.239. The van der Waals surface area contributed by atoms with E-state index in [9.17, 15) is 12.8 Å². The second kappa shape index (κ2) is 7.04. The Hall–Kier alpha value is -2.86. The first-order valence-electron chi connectivity index (χ1n) is 8.71. The van der Waals surface area contributed by atoms with E-state index in [0.717, 1.165) is 29.8 Å². The Labute approximate surface area is 158 Å². The molecule has 0 radical (unpaired) electrons. The monoisotopic (exact) mass is 382 g/mol. The highest BCUT2D eigenvalue weighted by atomic mass is 32.2. The number of hydrogen-bond acceptors (Lipinski definition) is 3. The highest BCUT2D eigenvalue weighted by molar-refractivity contribution is 7.92. The number of fused-ring (bicyclic) bond motifs is 1. The zero-order chi connectivity index (χ0) is 18.9. The maximum Gasteiger partial charge on any atom is 0.261 e. The predicted molar refractivity (Wildman–Crippen MR) is 105 cm³/mol. The third-order valence-electron chi connectivity index (χ3n) is 4.66. The zero-order valence-electron chi connectivity index (χ0n) is 14.6. The standard InChI is InChI=1S/C21H19FN2O2S/c22-18-8-6-16(7-9-18)15-24-13-12-17-14-19(10-11-21(17)24)23-27(25,26)20-4-2-1-3-5-20/h1-11,14,23H,12-13,15H2. The van der Waals surface area contributed by atoms with Crippen molar-refractivity contribution in [2.45, 2.75) is 17.9 Å². The van der Waals surface area contributed by atoms with Crippen LogP contribution in [0.4, 0.5) is 15.8 Å². The molecule has 4 nitrogen and oxygen atoms in total. The Balaban J connectivity index is 1.52. The topological polar surface area (TPSA) is 49.4 Å². The molecule has 6 heteroatoms. The molecule has 1 N–H and O–H groups in total. The van der Waals surface area contributed by atoms with E-state index in [-0.39, 0.29) is 10.7 Å². The molecule has 27 heavy (non-hydrogen) atoms. The molecular weight excluding hydrogens is 363 g/mol. The van der Waals surface area contributed by atoms with Gasteiger partial charge in [0, 0.05) is 24.5 Å². The van der Waals surface area contributed by atoms with E-state index in [1.165, 1.54) is 12.1 Å². The summed E-state index contributed by atoms with van der Waals surface area (Å²) in [7, 11) is -3.60. The molecule has 4 rings (SSSR count). The molecule has 3 aromatic carbocycles. The summed E-state index contributed by atoms with van der Waals surface area (Å²) in [6.45, 7) is 1.55. The molecular formula is C21H19FN2O2S. The molecule has 0 bridgehead atoms. The van der Waals surface area contributed by atoms with Crippen molar-refractivity contribution < 1.29 is 12.8 Å². The van der Waals surface area contributed by atoms with Gasteiger partial charge < -0.3 is 4.90 Å². The third-order valence-corrected chi connectivity index (χ3v) is 6.06. The van der Waals surface area contributed by atoms with Gasteiger partial charge in [0.2, 0.25) is 0 Å². The van der Waals surface area contributed by atoms with Crippen molar-refractivity contribution in [2.75, 3.05) is 16.2 Å². The normalized spacial score (nSPS) is 13.4. The summed E-state index contributed by atoms with van der Waals surface area (Å²) in [5.74, 6) is -0.240. The second-order valence-corrected chi connectivity index (χ2v) is 8.24. The summed E-state index contributed by atoms with van der Waals surface area (Å²) in [5.41, 5.74) is 3.78. The quantitative estimate of drug-likeness (QED) is 0.720. The van der Waals surface area contributed by atoms with Crippen LogP contribution in [0.15, 0.2) is 77.7 Å². The van der Waals surface area contributed by atoms with Crippen LogP contribution in [0, 0.1) is 5.82 Å². The lowest BCUT2D eigenvalue weighted by atomic mass is 10.1. The molecule has 1 heterocycles. The summed E-state index contributed by atoms with van der Waals surface area (Å²) in [6.07, 6.45) is 0.845. The summed E-state index contributed by atoms with van der Waals surface area (Å²) >= 11 is 0. The summed E-state index contributed by atoms with van der Waals surface area (Å²) in [5, 5.41) is 0. The van der Waals surface area contributed by atoms with Crippen molar-refractivity contribution >= 4 is 21.4 Å². The fourth-order valence-electron chi connectivity index (χ4n) is 3.32. The largest absolute Gasteiger partial charge is 0.367 e. The fraction of sp³-hybridized carbons (Fsp3) is 0.143. The van der Waals surface area contributed by atoms with Gasteiger partial charge in [0.05, 0.1) is 4.90 Å². The molecule has 0 aromatic heterocycles. The minimum atomic E-state index is -3.60. The van der Waals surface area contributed by atoms with E-state index in [0.29, 0.717) is 12.2 Å². The molecule has 0 saturated carbocycles. The summed E-state index contributed by atoms with van der Waals surface area (Å²) in [6, 6.07) is 20.4. The van der Waals surface area contributed by atoms with Crippen molar-refractivity contribution in [3.8, 4) is 0 Å². The van der Waals surface area contributed by atoms with Gasteiger partial charge in [0.15, 0.2) is 0 Å². The Morgan fingerprint density at radius 1 is 0.963 bits per heavy atom. The average molecular weight is 382 g/mol. The van der Waals surface area contributed by atoms with E-state index in [1.807, 2.05) is 12.1 Å². The molecule has 0 aliphatic carbocycles. The first-order valence-corrected chi connectivity index (χ1v) is 10.2. The molecule has 0 saturated heterocycles. The van der Waals surface area contributed by atoms with Crippen molar-refractivity contribution in [3.05, 3.63) is 89.7 Å². The molecule has 1 aliphatic rings. The molecule has 0 spiro atoms. The smallest absolute Gasteiger partial charge is 0.261 e. The van der Waals surface area contributed by atoms with Gasteiger partial charge in [-0.05, 0) is 60.0 Å². The number of rotatable bonds is 5. The van der Waals surface area contributed by atoms with Crippen molar-refractivity contribution in [3.63, 3.8) is 0 Å². The number of benzene rings is 3. The molecule has 138 valence electrons. The van der Waals surface area contributed by atoms with Crippen LogP contribution in [0.3, 0.4) is 0 Å². The van der Waals surface area contributed by atoms with Gasteiger partial charge in [0.25, 0.3) is 10.0 Å². The van der Waals surface area contributed by atoms with Gasteiger partial charge in [-0.2, -0.15) is 0 Å². The van der Waals surface area contributed by atoms with Gasteiger partial charge in [-0.25, -0.2) is 12.8 Å². The highest BCUT2D eigenvalue weighted by Crippen LogP contribution is 2.32. The first kappa shape index (κ1) is 17.5. The number of anilines is 2. The van der Waals surface area contributed by atoms with Crippen molar-refractivity contribution in [1.29, 1.82) is 0 Å². The maximum atomic E-state index is 13.1. The van der Waals surface area contributed by atoms with Crippen LogP contribution in [0.5, 0.6) is 0 Å². The minimum Gasteiger partial charge on any atom is -0.367 e. The summed E-state index contributed by atoms with van der Waals surface area (Å²) < 4.78 is 40.7. The first-order chi connectivity index (χ1) is 13.0. The molecule has 0 fully saturated rings. The second-order valence-electron chi connectivity index (χ2n) is 6.56. The van der Waals surface area contributed by atoms with Crippen LogP contribution in [-0.2, 0) is 23.0 Å². The van der Waals surface area contributed by atoms with Crippen LogP contribution in [0.1, 0.15) is 11.1 Å². The lowest BCUT2D eigenvalue weighted by Crippen LogP contribution is -2.19. The molecule has 1 aliphatic heterocycles. The Bertz CT molecular complexity index is 1050. The van der Waals surface area contributed by atoms with Crippen LogP contribution in [0.25, 0.3) is 0 Å². The Morgan fingerprint density at radius 3 is 2.44 bits per heavy atom. The molecule has 0 unspecified atom stereocenters. The van der Waals surface area contributed by atoms with Gasteiger partial charge >= 0.3 is 0 Å². The maximum absolute atomic E-state index is 13.1. The number of halogens is 1. The van der Waals surface area contributed by atoms with E-state index >= 15 is 0 Å². The third kappa shape index (κ3) is 3.80. The average Bonchev–Trinajstić information content (AvgIpc) is 3.06. The lowest BCUT2D eigenvalue weighted by Gasteiger charge is -2.20. The molecule has 3 aromatic rings. The van der Waals surface area contributed by atoms with Crippen LogP contribution >= 0.6 is 0 Å². The van der Waals surface area contributed by atoms with E-state index < -0.39 is 10.0 Å². The number of hydrogen-bond donors (Lipinski definition) is 1. The van der Waals surface area contributed by atoms with Gasteiger partial charge in [0.1, 0.15) is 5.82 Å². The Kier molecular flexibility index (Phi) is 4.58. The Morgan fingerprint density at radius 2 is 1.70 bits per heavy atom. The zero-order valence-corrected chi connectivity index (χ0v) is 15.4. The van der Waals surface area contributed by atoms with Gasteiger partial charge in [-0.1, -0.05) is 30.3 Å². The molecule has 0 atom stereocenters. The predicted octanol–water partition coefficient (Wildman–Crippen LogP) is 4.19. The van der Waals surface area contributed by atoms with E-state index in [4.69, 9.17) is 0 Å². The van der Waals surface area contributed by atoms with E-state index in [2.05, 4.69) is 9.62 Å².